The fourth-order valence-electron chi connectivity index (χ4n) is 7.32. The first-order chi connectivity index (χ1) is 20.5. The molecule has 0 saturated carbocycles. The molecule has 8 radical (unpaired) electrons. The predicted octanol–water partition coefficient (Wildman–Crippen LogP) is 5.99. The SMILES string of the molecule is [B]c1c([B])c(-c2ccc3ccc4cccc5ccc2c3c45)c([B])c(-c2ccc3ccc4cccc5ccc2c3c45)c1[B]. The van der Waals surface area contributed by atoms with Gasteiger partial charge in [-0.1, -0.05) is 126 Å². The van der Waals surface area contributed by atoms with E-state index < -0.39 is 0 Å². The lowest BCUT2D eigenvalue weighted by molar-refractivity contribution is 1.73. The highest BCUT2D eigenvalue weighted by Crippen LogP contribution is 2.41. The van der Waals surface area contributed by atoms with Crippen molar-refractivity contribution in [3.05, 3.63) is 109 Å². The summed E-state index contributed by atoms with van der Waals surface area (Å²) in [4.78, 5) is 0. The standard InChI is InChI=1S/C38H18B4/c39-35-33(27-17-13-23-9-7-19-3-1-5-21-11-15-25(27)31(23)29(19)21)36(40)38(42)37(41)34(35)28-18-14-24-10-8-20-4-2-6-22-12-16-26(28)32(24)30(20)22/h1-18H. The molecule has 0 bridgehead atoms. The maximum atomic E-state index is 7.15. The molecule has 0 amide bonds. The van der Waals surface area contributed by atoms with E-state index in [0.717, 1.165) is 33.0 Å². The van der Waals surface area contributed by atoms with Crippen molar-refractivity contribution in [3.63, 3.8) is 0 Å². The fraction of sp³-hybridized carbons (Fsp3) is 0. The molecule has 182 valence electrons. The van der Waals surface area contributed by atoms with Crippen LogP contribution in [-0.2, 0) is 0 Å². The van der Waals surface area contributed by atoms with E-state index in [1.54, 1.807) is 0 Å². The molecule has 9 aromatic carbocycles. The number of benzene rings is 9. The van der Waals surface area contributed by atoms with Crippen LogP contribution in [-0.4, -0.2) is 31.4 Å². The Balaban J connectivity index is 1.40. The molecule has 9 rings (SSSR count). The average molecular weight is 518 g/mol. The van der Waals surface area contributed by atoms with E-state index in [-0.39, 0.29) is 0 Å². The van der Waals surface area contributed by atoms with Crippen LogP contribution in [0.4, 0.5) is 0 Å². The van der Waals surface area contributed by atoms with Gasteiger partial charge < -0.3 is 0 Å². The van der Waals surface area contributed by atoms with E-state index in [9.17, 15) is 0 Å². The van der Waals surface area contributed by atoms with Crippen LogP contribution in [0.2, 0.25) is 0 Å². The minimum Gasteiger partial charge on any atom is -0.109 e. The van der Waals surface area contributed by atoms with Gasteiger partial charge in [0, 0.05) is 0 Å². The third-order valence-corrected chi connectivity index (χ3v) is 9.25. The van der Waals surface area contributed by atoms with Crippen molar-refractivity contribution in [2.24, 2.45) is 0 Å². The van der Waals surface area contributed by atoms with Gasteiger partial charge in [0.1, 0.15) is 31.4 Å². The third kappa shape index (κ3) is 3.02. The number of hydrogen-bond acceptors (Lipinski definition) is 0. The van der Waals surface area contributed by atoms with E-state index in [4.69, 9.17) is 31.4 Å². The monoisotopic (exact) mass is 518 g/mol. The van der Waals surface area contributed by atoms with Crippen molar-refractivity contribution in [2.75, 3.05) is 0 Å². The molecular formula is C38H18B4. The third-order valence-electron chi connectivity index (χ3n) is 9.25. The molecule has 0 N–H and O–H groups in total. The van der Waals surface area contributed by atoms with Crippen LogP contribution in [0.3, 0.4) is 0 Å². The number of hydrogen-bond donors (Lipinski definition) is 0. The minimum absolute atomic E-state index is 0.352. The molecule has 0 saturated heterocycles. The van der Waals surface area contributed by atoms with Crippen LogP contribution in [0, 0.1) is 0 Å². The van der Waals surface area contributed by atoms with Gasteiger partial charge in [-0.15, -0.1) is 5.46 Å². The lowest BCUT2D eigenvalue weighted by atomic mass is 9.61. The maximum Gasteiger partial charge on any atom is 0.115 e. The van der Waals surface area contributed by atoms with Gasteiger partial charge in [-0.25, -0.2) is 0 Å². The van der Waals surface area contributed by atoms with Crippen LogP contribution in [0.5, 0.6) is 0 Å². The highest BCUT2D eigenvalue weighted by Gasteiger charge is 2.21. The zero-order valence-corrected chi connectivity index (χ0v) is 22.7. The molecule has 42 heavy (non-hydrogen) atoms. The van der Waals surface area contributed by atoms with Crippen molar-refractivity contribution in [2.45, 2.75) is 0 Å². The van der Waals surface area contributed by atoms with Crippen LogP contribution in [0.25, 0.3) is 86.9 Å². The van der Waals surface area contributed by atoms with Crippen LogP contribution in [0.15, 0.2) is 109 Å². The summed E-state index contributed by atoms with van der Waals surface area (Å²) in [5, 5.41) is 14.2. The van der Waals surface area contributed by atoms with Gasteiger partial charge in [-0.3, -0.25) is 0 Å². The first-order valence-electron chi connectivity index (χ1n) is 14.1. The van der Waals surface area contributed by atoms with Gasteiger partial charge in [-0.05, 0) is 86.9 Å². The Kier molecular flexibility index (Phi) is 4.81. The van der Waals surface area contributed by atoms with Gasteiger partial charge in [0.05, 0.1) is 0 Å². The molecule has 0 aliphatic carbocycles. The van der Waals surface area contributed by atoms with E-state index in [1.807, 2.05) is 0 Å². The lowest BCUT2D eigenvalue weighted by Gasteiger charge is -2.25. The highest BCUT2D eigenvalue weighted by molar-refractivity contribution is 6.64. The largest absolute Gasteiger partial charge is 0.115 e. The van der Waals surface area contributed by atoms with Crippen molar-refractivity contribution in [1.29, 1.82) is 0 Å². The van der Waals surface area contributed by atoms with Gasteiger partial charge in [0.25, 0.3) is 0 Å². The predicted molar refractivity (Wildman–Crippen MR) is 186 cm³/mol. The lowest BCUT2D eigenvalue weighted by Crippen LogP contribution is -2.46. The summed E-state index contributed by atoms with van der Waals surface area (Å²) in [6.07, 6.45) is 0. The molecule has 0 fully saturated rings. The summed E-state index contributed by atoms with van der Waals surface area (Å²) < 4.78 is 0. The zero-order chi connectivity index (χ0) is 28.3. The van der Waals surface area contributed by atoms with Crippen LogP contribution in [0.1, 0.15) is 0 Å². The number of rotatable bonds is 2. The van der Waals surface area contributed by atoms with Crippen molar-refractivity contribution < 1.29 is 0 Å². The molecule has 0 aliphatic heterocycles. The minimum atomic E-state index is 0.352. The first-order valence-corrected chi connectivity index (χ1v) is 14.1. The second-order valence-electron chi connectivity index (χ2n) is 11.3. The van der Waals surface area contributed by atoms with Crippen LogP contribution < -0.4 is 21.9 Å². The van der Waals surface area contributed by atoms with E-state index in [1.165, 1.54) is 53.9 Å². The van der Waals surface area contributed by atoms with Crippen molar-refractivity contribution >= 4 is 118 Å². The molecule has 0 aliphatic rings. The summed E-state index contributed by atoms with van der Waals surface area (Å²) >= 11 is 0. The molecule has 0 unspecified atom stereocenters. The molecule has 0 atom stereocenters. The van der Waals surface area contributed by atoms with E-state index in [2.05, 4.69) is 109 Å². The van der Waals surface area contributed by atoms with Crippen LogP contribution >= 0.6 is 0 Å². The van der Waals surface area contributed by atoms with Crippen molar-refractivity contribution in [3.8, 4) is 22.3 Å². The van der Waals surface area contributed by atoms with E-state index in [0.29, 0.717) is 21.9 Å². The second kappa shape index (κ2) is 8.43. The second-order valence-corrected chi connectivity index (χ2v) is 11.3. The highest BCUT2D eigenvalue weighted by atomic mass is 14.2. The van der Waals surface area contributed by atoms with Gasteiger partial charge in [0.2, 0.25) is 0 Å². The zero-order valence-electron chi connectivity index (χ0n) is 22.7. The van der Waals surface area contributed by atoms with Crippen molar-refractivity contribution in [1.82, 2.24) is 0 Å². The average Bonchev–Trinajstić information content (AvgIpc) is 3.02. The Bertz CT molecular complexity index is 2360. The molecule has 0 aromatic heterocycles. The Labute approximate surface area is 248 Å². The Morgan fingerprint density at radius 3 is 1.02 bits per heavy atom. The fourth-order valence-corrected chi connectivity index (χ4v) is 7.32. The molecular weight excluding hydrogens is 500 g/mol. The molecule has 0 heterocycles. The molecule has 9 aromatic rings. The summed E-state index contributed by atoms with van der Waals surface area (Å²) in [6, 6.07) is 38.7. The maximum absolute atomic E-state index is 7.15. The quantitative estimate of drug-likeness (QED) is 0.195. The summed E-state index contributed by atoms with van der Waals surface area (Å²) in [5.41, 5.74) is 5.03. The molecule has 0 spiro atoms. The van der Waals surface area contributed by atoms with Gasteiger partial charge >= 0.3 is 0 Å². The Morgan fingerprint density at radius 1 is 0.286 bits per heavy atom. The normalized spacial score (nSPS) is 12.2. The summed E-state index contributed by atoms with van der Waals surface area (Å²) in [5.74, 6) is 0. The topological polar surface area (TPSA) is 0 Å². The molecule has 0 nitrogen and oxygen atoms in total. The Hall–Kier alpha value is -4.68. The van der Waals surface area contributed by atoms with Gasteiger partial charge in [-0.2, -0.15) is 0 Å². The Morgan fingerprint density at radius 2 is 0.619 bits per heavy atom. The summed E-state index contributed by atoms with van der Waals surface area (Å²) in [6.45, 7) is 0. The smallest absolute Gasteiger partial charge is 0.109 e. The first kappa shape index (κ1) is 24.0. The summed E-state index contributed by atoms with van der Waals surface area (Å²) in [7, 11) is 27.4. The molecule has 4 heteroatoms. The van der Waals surface area contributed by atoms with E-state index >= 15 is 0 Å². The van der Waals surface area contributed by atoms with Gasteiger partial charge in [0.15, 0.2) is 0 Å².